The molecule has 2 heteroatoms. The molecule has 0 aromatic heterocycles. The summed E-state index contributed by atoms with van der Waals surface area (Å²) in [5.74, 6) is 0. The summed E-state index contributed by atoms with van der Waals surface area (Å²) in [6.45, 7) is 7.10. The van der Waals surface area contributed by atoms with Crippen molar-refractivity contribution >= 4 is 5.69 Å². The first-order valence-corrected chi connectivity index (χ1v) is 6.62. The Hall–Kier alpha value is -1.18. The smallest absolute Gasteiger partial charge is 0.0834 e. The molecule has 2 atom stereocenters. The van der Waals surface area contributed by atoms with E-state index in [4.69, 9.17) is 5.11 Å². The largest absolute Gasteiger partial charge is 0.232 e. The number of rotatable bonds is 1. The van der Waals surface area contributed by atoms with Crippen LogP contribution in [0.15, 0.2) is 35.4 Å². The molecular formula is C15H21N2+. The van der Waals surface area contributed by atoms with Crippen LogP contribution in [0, 0.1) is 5.41 Å². The second-order valence-corrected chi connectivity index (χ2v) is 6.15. The molecule has 1 fully saturated rings. The molecule has 0 amide bonds. The van der Waals surface area contributed by atoms with Gasteiger partial charge in [-0.15, -0.1) is 0 Å². The molecule has 0 spiro atoms. The Balaban J connectivity index is 2.08. The number of hydrogen-bond acceptors (Lipinski definition) is 1. The van der Waals surface area contributed by atoms with Crippen molar-refractivity contribution in [1.82, 2.24) is 0 Å². The number of azo groups is 2. The van der Waals surface area contributed by atoms with Crippen molar-refractivity contribution in [1.29, 1.82) is 0 Å². The standard InChI is InChI=1S/C15H21N2/c1-14(2)15(3)11-7-10-13(15)16-17(14)12-8-5-4-6-9-12/h4-6,8-9,13H,7,10-11H2,1-3H3/q+1/t13-,15-/m0/s1. The first kappa shape index (κ1) is 10.9. The first-order chi connectivity index (χ1) is 8.06. The highest BCUT2D eigenvalue weighted by Gasteiger charge is 2.63. The molecule has 0 saturated heterocycles. The molecule has 17 heavy (non-hydrogen) atoms. The lowest BCUT2D eigenvalue weighted by Crippen LogP contribution is -2.45. The Morgan fingerprint density at radius 2 is 1.88 bits per heavy atom. The fraction of sp³-hybridized carbons (Fsp3) is 0.600. The molecule has 1 aromatic rings. The molecule has 0 unspecified atom stereocenters. The highest BCUT2D eigenvalue weighted by molar-refractivity contribution is 5.29. The minimum Gasteiger partial charge on any atom is -0.0834 e. The molecule has 2 aliphatic rings. The quantitative estimate of drug-likeness (QED) is 0.643. The highest BCUT2D eigenvalue weighted by atomic mass is 15.4. The van der Waals surface area contributed by atoms with Gasteiger partial charge in [0.1, 0.15) is 6.04 Å². The van der Waals surface area contributed by atoms with Gasteiger partial charge in [0.05, 0.1) is 5.41 Å². The van der Waals surface area contributed by atoms with Gasteiger partial charge in [-0.05, 0) is 18.0 Å². The normalized spacial score (nSPS) is 34.5. The lowest BCUT2D eigenvalue weighted by molar-refractivity contribution is -0.585. The average molecular weight is 229 g/mol. The lowest BCUT2D eigenvalue weighted by atomic mass is 9.70. The van der Waals surface area contributed by atoms with Crippen molar-refractivity contribution in [3.63, 3.8) is 0 Å². The molecule has 2 nitrogen and oxygen atoms in total. The summed E-state index contributed by atoms with van der Waals surface area (Å²) in [6.07, 6.45) is 3.89. The van der Waals surface area contributed by atoms with Crippen molar-refractivity contribution in [3.8, 4) is 0 Å². The number of benzene rings is 1. The van der Waals surface area contributed by atoms with Gasteiger partial charge in [-0.25, -0.2) is 0 Å². The highest BCUT2D eigenvalue weighted by Crippen LogP contribution is 2.54. The Labute approximate surface area is 103 Å². The summed E-state index contributed by atoms with van der Waals surface area (Å²) in [5.41, 5.74) is 1.69. The van der Waals surface area contributed by atoms with Gasteiger partial charge in [0, 0.05) is 26.0 Å². The van der Waals surface area contributed by atoms with Crippen LogP contribution in [0.3, 0.4) is 0 Å². The second-order valence-electron chi connectivity index (χ2n) is 6.15. The van der Waals surface area contributed by atoms with Crippen LogP contribution in [0.5, 0.6) is 0 Å². The maximum Gasteiger partial charge on any atom is 0.232 e. The second kappa shape index (κ2) is 3.41. The molecule has 3 rings (SSSR count). The monoisotopic (exact) mass is 229 g/mol. The lowest BCUT2D eigenvalue weighted by Gasteiger charge is -2.31. The maximum absolute atomic E-state index is 4.98. The summed E-state index contributed by atoms with van der Waals surface area (Å²) >= 11 is 0. The van der Waals surface area contributed by atoms with Crippen molar-refractivity contribution in [2.45, 2.75) is 51.6 Å². The van der Waals surface area contributed by atoms with Gasteiger partial charge >= 0.3 is 0 Å². The fourth-order valence-electron chi connectivity index (χ4n) is 3.53. The van der Waals surface area contributed by atoms with Gasteiger partial charge in [-0.3, -0.25) is 0 Å². The molecule has 0 radical (unpaired) electrons. The van der Waals surface area contributed by atoms with E-state index in [1.165, 1.54) is 24.9 Å². The van der Waals surface area contributed by atoms with Crippen LogP contribution >= 0.6 is 0 Å². The van der Waals surface area contributed by atoms with Crippen LogP contribution in [0.2, 0.25) is 0 Å². The van der Waals surface area contributed by atoms with Crippen LogP contribution in [-0.4, -0.2) is 16.3 Å². The summed E-state index contributed by atoms with van der Waals surface area (Å²) in [4.78, 5) is 0. The summed E-state index contributed by atoms with van der Waals surface area (Å²) in [5, 5.41) is 4.98. The van der Waals surface area contributed by atoms with E-state index in [9.17, 15) is 0 Å². The van der Waals surface area contributed by atoms with Gasteiger partial charge in [0.15, 0.2) is 5.54 Å². The minimum atomic E-state index is 0.121. The number of para-hydroxylation sites is 1. The Morgan fingerprint density at radius 1 is 1.18 bits per heavy atom. The van der Waals surface area contributed by atoms with Crippen LogP contribution < -0.4 is 0 Å². The zero-order valence-corrected chi connectivity index (χ0v) is 11.0. The molecule has 1 saturated carbocycles. The van der Waals surface area contributed by atoms with Crippen molar-refractivity contribution in [2.24, 2.45) is 10.5 Å². The number of nitrogens with zero attached hydrogens (tertiary/aromatic N) is 2. The Bertz CT molecular complexity index is 461. The van der Waals surface area contributed by atoms with Crippen molar-refractivity contribution < 1.29 is 4.70 Å². The SMILES string of the molecule is CC1(C)[N+](c2ccccc2)=N[C@H]2CCC[C@@]21C. The topological polar surface area (TPSA) is 15.4 Å². The zero-order chi connectivity index (χ0) is 12.1. The molecule has 1 aliphatic carbocycles. The third-order valence-electron chi connectivity index (χ3n) is 5.09. The van der Waals surface area contributed by atoms with E-state index in [1.807, 2.05) is 0 Å². The number of fused-ring (bicyclic) bond motifs is 1. The Morgan fingerprint density at radius 3 is 2.53 bits per heavy atom. The van der Waals surface area contributed by atoms with E-state index in [-0.39, 0.29) is 5.54 Å². The average Bonchev–Trinajstić information content (AvgIpc) is 2.77. The Kier molecular flexibility index (Phi) is 2.19. The van der Waals surface area contributed by atoms with Gasteiger partial charge in [0.25, 0.3) is 0 Å². The van der Waals surface area contributed by atoms with E-state index in [0.29, 0.717) is 11.5 Å². The molecule has 90 valence electrons. The predicted molar refractivity (Wildman–Crippen MR) is 68.6 cm³/mol. The molecule has 0 N–H and O–H groups in total. The van der Waals surface area contributed by atoms with Crippen LogP contribution in [0.1, 0.15) is 40.0 Å². The van der Waals surface area contributed by atoms with Crippen molar-refractivity contribution in [3.05, 3.63) is 30.3 Å². The van der Waals surface area contributed by atoms with E-state index in [2.05, 4.69) is 55.8 Å². The van der Waals surface area contributed by atoms with E-state index >= 15 is 0 Å². The third kappa shape index (κ3) is 1.33. The number of hydrogen-bond donors (Lipinski definition) is 0. The summed E-state index contributed by atoms with van der Waals surface area (Å²) < 4.78 is 2.26. The van der Waals surface area contributed by atoms with Gasteiger partial charge in [-0.1, -0.05) is 36.2 Å². The van der Waals surface area contributed by atoms with Gasteiger partial charge < -0.3 is 0 Å². The first-order valence-electron chi connectivity index (χ1n) is 6.62. The molecule has 1 heterocycles. The summed E-state index contributed by atoms with van der Waals surface area (Å²) in [6, 6.07) is 11.1. The van der Waals surface area contributed by atoms with Gasteiger partial charge in [-0.2, -0.15) is 0 Å². The molecule has 1 aromatic carbocycles. The minimum absolute atomic E-state index is 0.121. The third-order valence-corrected chi connectivity index (χ3v) is 5.09. The molecule has 1 aliphatic heterocycles. The van der Waals surface area contributed by atoms with Crippen molar-refractivity contribution in [2.75, 3.05) is 0 Å². The van der Waals surface area contributed by atoms with Crippen LogP contribution in [0.25, 0.3) is 0 Å². The van der Waals surface area contributed by atoms with Crippen LogP contribution in [-0.2, 0) is 0 Å². The van der Waals surface area contributed by atoms with Gasteiger partial charge in [0.2, 0.25) is 5.69 Å². The predicted octanol–water partition coefficient (Wildman–Crippen LogP) is 4.13. The van der Waals surface area contributed by atoms with E-state index < -0.39 is 0 Å². The molecule has 0 bridgehead atoms. The van der Waals surface area contributed by atoms with E-state index in [0.717, 1.165) is 0 Å². The zero-order valence-electron chi connectivity index (χ0n) is 11.0. The molecular weight excluding hydrogens is 208 g/mol. The maximum atomic E-state index is 4.98. The fourth-order valence-corrected chi connectivity index (χ4v) is 3.53. The van der Waals surface area contributed by atoms with Crippen LogP contribution in [0.4, 0.5) is 5.69 Å². The summed E-state index contributed by atoms with van der Waals surface area (Å²) in [7, 11) is 0. The van der Waals surface area contributed by atoms with E-state index in [1.54, 1.807) is 0 Å².